The van der Waals surface area contributed by atoms with Gasteiger partial charge in [0.2, 0.25) is 0 Å². The molecule has 30 heavy (non-hydrogen) atoms. The molecule has 0 radical (unpaired) electrons. The van der Waals surface area contributed by atoms with Crippen molar-refractivity contribution in [2.75, 3.05) is 57.4 Å². The van der Waals surface area contributed by atoms with E-state index >= 15 is 0 Å². The summed E-state index contributed by atoms with van der Waals surface area (Å²) in [5, 5.41) is 0. The van der Waals surface area contributed by atoms with Crippen LogP contribution in [0.3, 0.4) is 0 Å². The van der Waals surface area contributed by atoms with Gasteiger partial charge in [0.1, 0.15) is 0 Å². The SMILES string of the molecule is I.NC(=NCc1ccccc1CN1CCN(c2ccccc2)CC1)N1CCOCC1. The lowest BCUT2D eigenvalue weighted by molar-refractivity contribution is 0.0674. The molecule has 0 aromatic heterocycles. The fraction of sp³-hybridized carbons (Fsp3) is 0.435. The Bertz CT molecular complexity index is 802. The van der Waals surface area contributed by atoms with Crippen LogP contribution in [0, 0.1) is 0 Å². The summed E-state index contributed by atoms with van der Waals surface area (Å²) in [5.41, 5.74) is 10.1. The van der Waals surface area contributed by atoms with E-state index in [0.717, 1.165) is 59.0 Å². The number of piperazine rings is 1. The van der Waals surface area contributed by atoms with Crippen molar-refractivity contribution in [3.8, 4) is 0 Å². The molecule has 2 aromatic rings. The summed E-state index contributed by atoms with van der Waals surface area (Å²) in [6, 6.07) is 19.3. The summed E-state index contributed by atoms with van der Waals surface area (Å²) >= 11 is 0. The smallest absolute Gasteiger partial charge is 0.191 e. The van der Waals surface area contributed by atoms with E-state index in [1.807, 2.05) is 0 Å². The van der Waals surface area contributed by atoms with Crippen LogP contribution in [-0.2, 0) is 17.8 Å². The minimum Gasteiger partial charge on any atom is -0.378 e. The minimum atomic E-state index is 0. The van der Waals surface area contributed by atoms with Crippen LogP contribution in [0.25, 0.3) is 0 Å². The summed E-state index contributed by atoms with van der Waals surface area (Å²) in [6.45, 7) is 8.96. The van der Waals surface area contributed by atoms with Gasteiger partial charge in [0.05, 0.1) is 19.8 Å². The Morgan fingerprint density at radius 1 is 0.833 bits per heavy atom. The van der Waals surface area contributed by atoms with Crippen LogP contribution in [0.2, 0.25) is 0 Å². The lowest BCUT2D eigenvalue weighted by Gasteiger charge is -2.36. The summed E-state index contributed by atoms with van der Waals surface area (Å²) in [4.78, 5) is 11.8. The molecule has 0 amide bonds. The van der Waals surface area contributed by atoms with Crippen molar-refractivity contribution < 1.29 is 4.74 Å². The Morgan fingerprint density at radius 2 is 1.47 bits per heavy atom. The van der Waals surface area contributed by atoms with Gasteiger partial charge in [-0.25, -0.2) is 4.99 Å². The number of guanidine groups is 1. The molecule has 6 nitrogen and oxygen atoms in total. The summed E-state index contributed by atoms with van der Waals surface area (Å²) in [7, 11) is 0. The number of hydrogen-bond donors (Lipinski definition) is 1. The maximum Gasteiger partial charge on any atom is 0.191 e. The van der Waals surface area contributed by atoms with Crippen LogP contribution >= 0.6 is 24.0 Å². The van der Waals surface area contributed by atoms with Crippen LogP contribution < -0.4 is 10.6 Å². The zero-order valence-electron chi connectivity index (χ0n) is 17.4. The van der Waals surface area contributed by atoms with Gasteiger partial charge in [0.15, 0.2) is 5.96 Å². The first kappa shape index (κ1) is 22.8. The highest BCUT2D eigenvalue weighted by molar-refractivity contribution is 14.0. The Labute approximate surface area is 196 Å². The molecule has 2 N–H and O–H groups in total. The number of aliphatic imine (C=N–C) groups is 1. The lowest BCUT2D eigenvalue weighted by Crippen LogP contribution is -2.46. The second-order valence-corrected chi connectivity index (χ2v) is 7.64. The van der Waals surface area contributed by atoms with Crippen LogP contribution in [0.15, 0.2) is 59.6 Å². The van der Waals surface area contributed by atoms with Crippen molar-refractivity contribution in [1.82, 2.24) is 9.80 Å². The molecule has 2 saturated heterocycles. The fourth-order valence-corrected chi connectivity index (χ4v) is 3.97. The first-order chi connectivity index (χ1) is 14.3. The molecule has 0 saturated carbocycles. The number of nitrogens with zero attached hydrogens (tertiary/aromatic N) is 4. The van der Waals surface area contributed by atoms with E-state index in [0.29, 0.717) is 12.5 Å². The van der Waals surface area contributed by atoms with Gasteiger partial charge in [-0.05, 0) is 23.3 Å². The standard InChI is InChI=1S/C23H31N5O.HI/c24-23(28-14-16-29-17-15-28)25-18-20-6-4-5-7-21(20)19-26-10-12-27(13-11-26)22-8-2-1-3-9-22;/h1-9H,10-19H2,(H2,24,25);1H. The largest absolute Gasteiger partial charge is 0.378 e. The topological polar surface area (TPSA) is 57.3 Å². The molecule has 0 aliphatic carbocycles. The maximum atomic E-state index is 6.21. The molecule has 7 heteroatoms. The monoisotopic (exact) mass is 521 g/mol. The molecule has 2 aromatic carbocycles. The van der Waals surface area contributed by atoms with Gasteiger partial charge in [0.25, 0.3) is 0 Å². The average molecular weight is 521 g/mol. The van der Waals surface area contributed by atoms with E-state index in [1.54, 1.807) is 0 Å². The third-order valence-electron chi connectivity index (χ3n) is 5.75. The first-order valence-electron chi connectivity index (χ1n) is 10.5. The molecule has 0 bridgehead atoms. The molecular formula is C23H32IN5O. The molecule has 0 atom stereocenters. The molecule has 4 rings (SSSR count). The van der Waals surface area contributed by atoms with E-state index < -0.39 is 0 Å². The highest BCUT2D eigenvalue weighted by atomic mass is 127. The van der Waals surface area contributed by atoms with Gasteiger partial charge >= 0.3 is 0 Å². The van der Waals surface area contributed by atoms with Crippen molar-refractivity contribution in [3.63, 3.8) is 0 Å². The zero-order chi connectivity index (χ0) is 19.9. The molecule has 2 aliphatic heterocycles. The minimum absolute atomic E-state index is 0. The number of benzene rings is 2. The van der Waals surface area contributed by atoms with Gasteiger partial charge in [-0.15, -0.1) is 24.0 Å². The second kappa shape index (κ2) is 11.5. The normalized spacial score (nSPS) is 18.2. The van der Waals surface area contributed by atoms with E-state index in [4.69, 9.17) is 10.5 Å². The van der Waals surface area contributed by atoms with Gasteiger partial charge in [0, 0.05) is 51.5 Å². The molecular weight excluding hydrogens is 489 g/mol. The van der Waals surface area contributed by atoms with Gasteiger partial charge < -0.3 is 20.3 Å². The van der Waals surface area contributed by atoms with Gasteiger partial charge in [-0.2, -0.15) is 0 Å². The van der Waals surface area contributed by atoms with E-state index in [9.17, 15) is 0 Å². The van der Waals surface area contributed by atoms with Gasteiger partial charge in [-0.1, -0.05) is 42.5 Å². The van der Waals surface area contributed by atoms with Crippen molar-refractivity contribution in [1.29, 1.82) is 0 Å². The summed E-state index contributed by atoms with van der Waals surface area (Å²) < 4.78 is 5.39. The molecule has 0 unspecified atom stereocenters. The number of anilines is 1. The predicted octanol–water partition coefficient (Wildman–Crippen LogP) is 2.77. The van der Waals surface area contributed by atoms with Crippen LogP contribution in [0.5, 0.6) is 0 Å². The number of nitrogens with two attached hydrogens (primary N) is 1. The highest BCUT2D eigenvalue weighted by Crippen LogP contribution is 2.18. The maximum absolute atomic E-state index is 6.21. The first-order valence-corrected chi connectivity index (χ1v) is 10.5. The van der Waals surface area contributed by atoms with Crippen molar-refractivity contribution in [2.24, 2.45) is 10.7 Å². The summed E-state index contributed by atoms with van der Waals surface area (Å²) in [6.07, 6.45) is 0. The number of rotatable bonds is 5. The van der Waals surface area contributed by atoms with Crippen LogP contribution in [-0.4, -0.2) is 68.2 Å². The predicted molar refractivity (Wildman–Crippen MR) is 134 cm³/mol. The molecule has 2 aliphatic rings. The highest BCUT2D eigenvalue weighted by Gasteiger charge is 2.18. The van der Waals surface area contributed by atoms with E-state index in [1.165, 1.54) is 16.8 Å². The Morgan fingerprint density at radius 3 is 2.17 bits per heavy atom. The second-order valence-electron chi connectivity index (χ2n) is 7.64. The Hall–Kier alpha value is -1.84. The zero-order valence-corrected chi connectivity index (χ0v) is 19.8. The molecule has 0 spiro atoms. The average Bonchev–Trinajstić information content (AvgIpc) is 2.80. The molecule has 2 heterocycles. The van der Waals surface area contributed by atoms with Gasteiger partial charge in [-0.3, -0.25) is 4.90 Å². The molecule has 162 valence electrons. The van der Waals surface area contributed by atoms with Crippen molar-refractivity contribution >= 4 is 35.6 Å². The number of hydrogen-bond acceptors (Lipinski definition) is 4. The fourth-order valence-electron chi connectivity index (χ4n) is 3.97. The number of para-hydroxylation sites is 1. The van der Waals surface area contributed by atoms with Crippen LogP contribution in [0.4, 0.5) is 5.69 Å². The Kier molecular flexibility index (Phi) is 8.77. The van der Waals surface area contributed by atoms with Crippen molar-refractivity contribution in [3.05, 3.63) is 65.7 Å². The van der Waals surface area contributed by atoms with E-state index in [2.05, 4.69) is 74.3 Å². The number of ether oxygens (including phenoxy) is 1. The quantitative estimate of drug-likeness (QED) is 0.373. The van der Waals surface area contributed by atoms with Crippen LogP contribution in [0.1, 0.15) is 11.1 Å². The third kappa shape index (κ3) is 6.09. The Balaban J connectivity index is 0.00000256. The van der Waals surface area contributed by atoms with E-state index in [-0.39, 0.29) is 24.0 Å². The number of halogens is 1. The summed E-state index contributed by atoms with van der Waals surface area (Å²) in [5.74, 6) is 0.625. The lowest BCUT2D eigenvalue weighted by atomic mass is 10.1. The van der Waals surface area contributed by atoms with Crippen molar-refractivity contribution in [2.45, 2.75) is 13.1 Å². The number of morpholine rings is 1. The third-order valence-corrected chi connectivity index (χ3v) is 5.75. The molecule has 2 fully saturated rings.